The number of nitrogens with zero attached hydrogens (tertiary/aromatic N) is 1. The van der Waals surface area contributed by atoms with E-state index in [2.05, 4.69) is 17.2 Å². The van der Waals surface area contributed by atoms with Crippen LogP contribution in [0.1, 0.15) is 42.2 Å². The molecule has 1 aromatic heterocycles. The second-order valence-electron chi connectivity index (χ2n) is 4.80. The van der Waals surface area contributed by atoms with Gasteiger partial charge in [0.25, 0.3) is 0 Å². The molecule has 1 unspecified atom stereocenters. The fraction of sp³-hybridized carbons (Fsp3) is 0.571. The molecule has 1 aromatic rings. The predicted molar refractivity (Wildman–Crippen MR) is 79.2 cm³/mol. The molecule has 5 heteroatoms. The molecule has 2 heterocycles. The van der Waals surface area contributed by atoms with Crippen molar-refractivity contribution in [2.45, 2.75) is 37.9 Å². The predicted octanol–water partition coefficient (Wildman–Crippen LogP) is 3.04. The fourth-order valence-corrected chi connectivity index (χ4v) is 3.41. The topological polar surface area (TPSA) is 62.2 Å². The van der Waals surface area contributed by atoms with Gasteiger partial charge in [0.1, 0.15) is 5.82 Å². The molecule has 1 fully saturated rings. The Bertz CT molecular complexity index is 445. The second kappa shape index (κ2) is 6.80. The zero-order valence-electron chi connectivity index (χ0n) is 11.2. The highest BCUT2D eigenvalue weighted by Gasteiger charge is 2.16. The van der Waals surface area contributed by atoms with E-state index >= 15 is 0 Å². The first kappa shape index (κ1) is 14.2. The molecule has 0 aliphatic carbocycles. The first-order valence-electron chi connectivity index (χ1n) is 6.78. The minimum atomic E-state index is -0.891. The highest BCUT2D eigenvalue weighted by molar-refractivity contribution is 8.00. The van der Waals surface area contributed by atoms with Gasteiger partial charge < -0.3 is 10.4 Å². The monoisotopic (exact) mass is 280 g/mol. The summed E-state index contributed by atoms with van der Waals surface area (Å²) in [6, 6.07) is 3.29. The SMILES string of the molecule is CCCc1cc(C(=O)O)cc(NCC2CCCS2)n1. The van der Waals surface area contributed by atoms with E-state index < -0.39 is 5.97 Å². The van der Waals surface area contributed by atoms with Gasteiger partial charge in [-0.15, -0.1) is 0 Å². The van der Waals surface area contributed by atoms with Gasteiger partial charge in [-0.3, -0.25) is 0 Å². The van der Waals surface area contributed by atoms with Gasteiger partial charge in [-0.2, -0.15) is 11.8 Å². The molecule has 1 saturated heterocycles. The molecule has 0 saturated carbocycles. The number of anilines is 1. The van der Waals surface area contributed by atoms with Crippen molar-refractivity contribution >= 4 is 23.5 Å². The van der Waals surface area contributed by atoms with Crippen LogP contribution in [0.15, 0.2) is 12.1 Å². The lowest BCUT2D eigenvalue weighted by Gasteiger charge is -2.12. The third-order valence-corrected chi connectivity index (χ3v) is 4.56. The Balaban J connectivity index is 2.06. The van der Waals surface area contributed by atoms with Crippen molar-refractivity contribution in [3.05, 3.63) is 23.4 Å². The van der Waals surface area contributed by atoms with Crippen LogP contribution < -0.4 is 5.32 Å². The molecular weight excluding hydrogens is 260 g/mol. The smallest absolute Gasteiger partial charge is 0.335 e. The Labute approximate surface area is 118 Å². The zero-order valence-corrected chi connectivity index (χ0v) is 12.0. The third-order valence-electron chi connectivity index (χ3n) is 3.17. The number of thioether (sulfide) groups is 1. The number of carboxylic acids is 1. The molecular formula is C14H20N2O2S. The summed E-state index contributed by atoms with van der Waals surface area (Å²) in [5.74, 6) is 1.03. The first-order valence-corrected chi connectivity index (χ1v) is 7.83. The zero-order chi connectivity index (χ0) is 13.7. The molecule has 1 atom stereocenters. The molecule has 19 heavy (non-hydrogen) atoms. The Kier molecular flexibility index (Phi) is 5.07. The van der Waals surface area contributed by atoms with Crippen LogP contribution in [0.3, 0.4) is 0 Å². The van der Waals surface area contributed by atoms with Gasteiger partial charge in [-0.25, -0.2) is 9.78 Å². The Morgan fingerprint density at radius 1 is 1.58 bits per heavy atom. The van der Waals surface area contributed by atoms with Crippen LogP contribution in [0.5, 0.6) is 0 Å². The second-order valence-corrected chi connectivity index (χ2v) is 6.21. The van der Waals surface area contributed by atoms with E-state index in [0.29, 0.717) is 16.6 Å². The van der Waals surface area contributed by atoms with E-state index in [9.17, 15) is 4.79 Å². The van der Waals surface area contributed by atoms with Gasteiger partial charge in [0, 0.05) is 17.5 Å². The van der Waals surface area contributed by atoms with Crippen LogP contribution >= 0.6 is 11.8 Å². The molecule has 4 nitrogen and oxygen atoms in total. The van der Waals surface area contributed by atoms with Crippen molar-refractivity contribution in [1.82, 2.24) is 4.98 Å². The maximum absolute atomic E-state index is 11.1. The summed E-state index contributed by atoms with van der Waals surface area (Å²) in [5, 5.41) is 13.0. The molecule has 2 rings (SSSR count). The maximum atomic E-state index is 11.1. The lowest BCUT2D eigenvalue weighted by Crippen LogP contribution is -2.15. The standard InChI is InChI=1S/C14H20N2O2S/c1-2-4-11-7-10(14(17)18)8-13(16-11)15-9-12-5-3-6-19-12/h7-8,12H,2-6,9H2,1H3,(H,15,16)(H,17,18). The number of aromatic carboxylic acids is 1. The van der Waals surface area contributed by atoms with E-state index in [0.717, 1.165) is 25.1 Å². The quantitative estimate of drug-likeness (QED) is 0.838. The summed E-state index contributed by atoms with van der Waals surface area (Å²) in [5.41, 5.74) is 1.17. The van der Waals surface area contributed by atoms with Gasteiger partial charge in [0.2, 0.25) is 0 Å². The molecule has 0 aromatic carbocycles. The lowest BCUT2D eigenvalue weighted by molar-refractivity contribution is 0.0696. The molecule has 0 amide bonds. The Morgan fingerprint density at radius 2 is 2.42 bits per heavy atom. The van der Waals surface area contributed by atoms with Crippen molar-refractivity contribution in [2.24, 2.45) is 0 Å². The summed E-state index contributed by atoms with van der Waals surface area (Å²) < 4.78 is 0. The summed E-state index contributed by atoms with van der Waals surface area (Å²) in [6.07, 6.45) is 4.29. The highest BCUT2D eigenvalue weighted by Crippen LogP contribution is 2.26. The minimum absolute atomic E-state index is 0.319. The van der Waals surface area contributed by atoms with E-state index in [-0.39, 0.29) is 0 Å². The number of carboxylic acid groups (broad SMARTS) is 1. The van der Waals surface area contributed by atoms with Crippen molar-refractivity contribution in [3.63, 3.8) is 0 Å². The number of rotatable bonds is 6. The number of carbonyl (C=O) groups is 1. The number of aromatic nitrogens is 1. The largest absolute Gasteiger partial charge is 0.478 e. The van der Waals surface area contributed by atoms with Crippen LogP contribution in [0.25, 0.3) is 0 Å². The summed E-state index contributed by atoms with van der Waals surface area (Å²) in [4.78, 5) is 15.6. The van der Waals surface area contributed by atoms with E-state index in [1.54, 1.807) is 12.1 Å². The molecule has 0 bridgehead atoms. The molecule has 1 aliphatic rings. The average Bonchev–Trinajstić information content (AvgIpc) is 2.89. The van der Waals surface area contributed by atoms with Crippen LogP contribution in [-0.2, 0) is 6.42 Å². The first-order chi connectivity index (χ1) is 9.19. The van der Waals surface area contributed by atoms with E-state index in [4.69, 9.17) is 5.11 Å². The Morgan fingerprint density at radius 3 is 3.05 bits per heavy atom. The van der Waals surface area contributed by atoms with E-state index in [1.165, 1.54) is 18.6 Å². The van der Waals surface area contributed by atoms with Gasteiger partial charge >= 0.3 is 5.97 Å². The number of pyridine rings is 1. The van der Waals surface area contributed by atoms with E-state index in [1.807, 2.05) is 11.8 Å². The average molecular weight is 280 g/mol. The summed E-state index contributed by atoms with van der Waals surface area (Å²) >= 11 is 1.98. The maximum Gasteiger partial charge on any atom is 0.335 e. The van der Waals surface area contributed by atoms with Crippen molar-refractivity contribution in [3.8, 4) is 0 Å². The number of hydrogen-bond donors (Lipinski definition) is 2. The molecule has 104 valence electrons. The Hall–Kier alpha value is -1.23. The number of nitrogens with one attached hydrogen (secondary N) is 1. The minimum Gasteiger partial charge on any atom is -0.478 e. The summed E-state index contributed by atoms with van der Waals surface area (Å²) in [6.45, 7) is 2.93. The van der Waals surface area contributed by atoms with Gasteiger partial charge in [-0.05, 0) is 37.1 Å². The summed E-state index contributed by atoms with van der Waals surface area (Å²) in [7, 11) is 0. The lowest BCUT2D eigenvalue weighted by atomic mass is 10.1. The molecule has 0 spiro atoms. The van der Waals surface area contributed by atoms with Crippen molar-refractivity contribution in [2.75, 3.05) is 17.6 Å². The van der Waals surface area contributed by atoms with Gasteiger partial charge in [0.15, 0.2) is 0 Å². The van der Waals surface area contributed by atoms with Crippen LogP contribution in [0.2, 0.25) is 0 Å². The normalized spacial score (nSPS) is 18.5. The number of aryl methyl sites for hydroxylation is 1. The molecule has 1 aliphatic heterocycles. The fourth-order valence-electron chi connectivity index (χ4n) is 2.21. The molecule has 2 N–H and O–H groups in total. The third kappa shape index (κ3) is 4.13. The van der Waals surface area contributed by atoms with Crippen LogP contribution in [0, 0.1) is 0 Å². The van der Waals surface area contributed by atoms with Crippen molar-refractivity contribution in [1.29, 1.82) is 0 Å². The number of hydrogen-bond acceptors (Lipinski definition) is 4. The van der Waals surface area contributed by atoms with Crippen LogP contribution in [0.4, 0.5) is 5.82 Å². The highest BCUT2D eigenvalue weighted by atomic mass is 32.2. The molecule has 0 radical (unpaired) electrons. The van der Waals surface area contributed by atoms with Gasteiger partial charge in [-0.1, -0.05) is 13.3 Å². The van der Waals surface area contributed by atoms with Crippen molar-refractivity contribution < 1.29 is 9.90 Å². The van der Waals surface area contributed by atoms with Crippen LogP contribution in [-0.4, -0.2) is 33.6 Å². The van der Waals surface area contributed by atoms with Gasteiger partial charge in [0.05, 0.1) is 5.56 Å².